The first-order valence-electron chi connectivity index (χ1n) is 14.7. The average molecular weight is 719 g/mol. The predicted molar refractivity (Wildman–Crippen MR) is 185 cm³/mol. The van der Waals surface area contributed by atoms with Gasteiger partial charge in [0.1, 0.15) is 31.3 Å². The molecule has 13 heteroatoms. The van der Waals surface area contributed by atoms with Crippen LogP contribution in [0.25, 0.3) is 5.76 Å². The summed E-state index contributed by atoms with van der Waals surface area (Å²) in [6, 6.07) is 25.9. The smallest absolute Gasteiger partial charge is 0.301 e. The zero-order valence-electron chi connectivity index (χ0n) is 25.0. The maximum atomic E-state index is 13.8. The Hall–Kier alpha value is -4.55. The number of nitrogens with zero attached hydrogens (tertiary/aromatic N) is 3. The van der Waals surface area contributed by atoms with E-state index >= 15 is 0 Å². The third-order valence-electron chi connectivity index (χ3n) is 7.65. The molecule has 7 rings (SSSR count). The number of ketones is 1. The van der Waals surface area contributed by atoms with E-state index in [-0.39, 0.29) is 16.5 Å². The number of benzene rings is 4. The van der Waals surface area contributed by atoms with Gasteiger partial charge in [0.2, 0.25) is 5.13 Å². The lowest BCUT2D eigenvalue weighted by atomic mass is 9.95. The van der Waals surface area contributed by atoms with E-state index in [9.17, 15) is 14.7 Å². The fraction of sp³-hybridized carbons (Fsp3) is 0.143. The number of carbonyl (C=O) groups excluding carboxylic acids is 2. The molecule has 0 bridgehead atoms. The number of aliphatic hydroxyl groups is 1. The van der Waals surface area contributed by atoms with Gasteiger partial charge in [-0.25, -0.2) is 0 Å². The molecule has 0 radical (unpaired) electrons. The highest BCUT2D eigenvalue weighted by Gasteiger charge is 2.48. The van der Waals surface area contributed by atoms with Crippen molar-refractivity contribution in [3.63, 3.8) is 0 Å². The standard InChI is InChI=1S/C35H25Cl2N3O6S2/c36-24-11-9-23(26(37)17-24)19-47-35-39-38-34(48-35)40-30(21-7-4-8-25(15-21)46-18-20-5-2-1-3-6-20)29(32(42)33(40)43)31(41)22-10-12-27-28(16-22)45-14-13-44-27/h1-12,15-17,30,41H,13-14,18-19H2/t30-/m0/s1. The molecule has 1 N–H and O–H groups in total. The summed E-state index contributed by atoms with van der Waals surface area (Å²) in [5, 5.41) is 21.5. The van der Waals surface area contributed by atoms with Crippen LogP contribution >= 0.6 is 46.3 Å². The van der Waals surface area contributed by atoms with Gasteiger partial charge in [-0.1, -0.05) is 94.8 Å². The molecule has 3 heterocycles. The fourth-order valence-corrected chi connectivity index (χ4v) is 7.77. The van der Waals surface area contributed by atoms with Gasteiger partial charge in [0.05, 0.1) is 11.6 Å². The van der Waals surface area contributed by atoms with Crippen LogP contribution in [0.1, 0.15) is 28.3 Å². The lowest BCUT2D eigenvalue weighted by Gasteiger charge is -2.23. The first kappa shape index (κ1) is 32.0. The van der Waals surface area contributed by atoms with Crippen molar-refractivity contribution in [2.24, 2.45) is 0 Å². The molecule has 2 aliphatic heterocycles. The lowest BCUT2D eigenvalue weighted by Crippen LogP contribution is -2.29. The van der Waals surface area contributed by atoms with E-state index in [1.54, 1.807) is 54.6 Å². The number of aromatic nitrogens is 2. The minimum Gasteiger partial charge on any atom is -0.507 e. The van der Waals surface area contributed by atoms with E-state index < -0.39 is 17.7 Å². The van der Waals surface area contributed by atoms with E-state index in [0.29, 0.717) is 68.3 Å². The molecule has 0 saturated carbocycles. The summed E-state index contributed by atoms with van der Waals surface area (Å²) in [5.74, 6) is -0.100. The third kappa shape index (κ3) is 6.59. The number of hydrogen-bond donors (Lipinski definition) is 1. The van der Waals surface area contributed by atoms with Crippen LogP contribution in [0.4, 0.5) is 5.13 Å². The van der Waals surface area contributed by atoms with E-state index in [2.05, 4.69) is 10.2 Å². The Morgan fingerprint density at radius 1 is 0.938 bits per heavy atom. The van der Waals surface area contributed by atoms with E-state index in [0.717, 1.165) is 22.5 Å². The molecule has 5 aromatic rings. The van der Waals surface area contributed by atoms with Crippen LogP contribution in [0, 0.1) is 0 Å². The first-order chi connectivity index (χ1) is 23.4. The number of rotatable bonds is 9. The van der Waals surface area contributed by atoms with E-state index in [4.69, 9.17) is 37.4 Å². The molecule has 1 atom stereocenters. The Kier molecular flexibility index (Phi) is 9.27. The number of Topliss-reactive ketones (excluding diaryl/α,β-unsaturated/α-hetero) is 1. The average Bonchev–Trinajstić information content (AvgIpc) is 3.68. The quantitative estimate of drug-likeness (QED) is 0.0531. The zero-order chi connectivity index (χ0) is 33.2. The summed E-state index contributed by atoms with van der Waals surface area (Å²) in [5.41, 5.74) is 2.57. The second kappa shape index (κ2) is 13.9. The van der Waals surface area contributed by atoms with E-state index in [1.165, 1.54) is 16.7 Å². The Labute approximate surface area is 293 Å². The van der Waals surface area contributed by atoms with Crippen molar-refractivity contribution in [2.75, 3.05) is 18.1 Å². The summed E-state index contributed by atoms with van der Waals surface area (Å²) in [6.07, 6.45) is 0. The largest absolute Gasteiger partial charge is 0.507 e. The number of aliphatic hydroxyl groups excluding tert-OH is 1. The minimum atomic E-state index is -1.03. The summed E-state index contributed by atoms with van der Waals surface area (Å²) >= 11 is 14.9. The summed E-state index contributed by atoms with van der Waals surface area (Å²) in [7, 11) is 0. The molecule has 2 aliphatic rings. The number of anilines is 1. The molecule has 1 saturated heterocycles. The normalized spacial score (nSPS) is 16.7. The van der Waals surface area contributed by atoms with Crippen LogP contribution in [0.5, 0.6) is 17.2 Å². The number of fused-ring (bicyclic) bond motifs is 1. The highest BCUT2D eigenvalue weighted by molar-refractivity contribution is 8.00. The van der Waals surface area contributed by atoms with Crippen LogP contribution in [0.3, 0.4) is 0 Å². The van der Waals surface area contributed by atoms with Crippen molar-refractivity contribution < 1.29 is 28.9 Å². The zero-order valence-corrected chi connectivity index (χ0v) is 28.1. The Morgan fingerprint density at radius 2 is 1.75 bits per heavy atom. The molecule has 1 aromatic heterocycles. The second-order valence-electron chi connectivity index (χ2n) is 10.7. The van der Waals surface area contributed by atoms with Gasteiger partial charge in [-0.2, -0.15) is 0 Å². The van der Waals surface area contributed by atoms with Gasteiger partial charge in [-0.15, -0.1) is 10.2 Å². The molecule has 0 spiro atoms. The van der Waals surface area contributed by atoms with Gasteiger partial charge in [0.15, 0.2) is 15.8 Å². The lowest BCUT2D eigenvalue weighted by molar-refractivity contribution is -0.132. The number of amides is 1. The van der Waals surface area contributed by atoms with Crippen LogP contribution in [-0.2, 0) is 21.9 Å². The molecule has 1 fully saturated rings. The van der Waals surface area contributed by atoms with Crippen molar-refractivity contribution in [1.82, 2.24) is 10.2 Å². The number of ether oxygens (including phenoxy) is 3. The number of hydrogen-bond acceptors (Lipinski definition) is 10. The molecule has 242 valence electrons. The number of carbonyl (C=O) groups is 2. The maximum absolute atomic E-state index is 13.8. The van der Waals surface area contributed by atoms with Crippen LogP contribution in [-0.4, -0.2) is 40.2 Å². The van der Waals surface area contributed by atoms with Gasteiger partial charge < -0.3 is 19.3 Å². The number of halogens is 2. The van der Waals surface area contributed by atoms with Crippen LogP contribution in [0.15, 0.2) is 101 Å². The molecule has 1 amide bonds. The predicted octanol–water partition coefficient (Wildman–Crippen LogP) is 8.11. The monoisotopic (exact) mass is 717 g/mol. The van der Waals surface area contributed by atoms with Gasteiger partial charge in [-0.3, -0.25) is 14.5 Å². The van der Waals surface area contributed by atoms with Gasteiger partial charge in [-0.05, 0) is 59.2 Å². The van der Waals surface area contributed by atoms with Crippen molar-refractivity contribution in [3.05, 3.63) is 129 Å². The molecule has 0 aliphatic carbocycles. The summed E-state index contributed by atoms with van der Waals surface area (Å²) < 4.78 is 18.0. The van der Waals surface area contributed by atoms with Crippen molar-refractivity contribution in [1.29, 1.82) is 0 Å². The first-order valence-corrected chi connectivity index (χ1v) is 17.3. The Bertz CT molecular complexity index is 2060. The van der Waals surface area contributed by atoms with Crippen LogP contribution < -0.4 is 19.1 Å². The SMILES string of the molecule is O=C1C(=O)N(c2nnc(SCc3ccc(Cl)cc3Cl)s2)[C@@H](c2cccc(OCc3ccccc3)c2)C1=C(O)c1ccc2c(c1)OCCO2. The highest BCUT2D eigenvalue weighted by Crippen LogP contribution is 2.45. The Balaban J connectivity index is 1.25. The summed E-state index contributed by atoms with van der Waals surface area (Å²) in [4.78, 5) is 28.8. The van der Waals surface area contributed by atoms with Crippen molar-refractivity contribution in [2.45, 2.75) is 22.7 Å². The van der Waals surface area contributed by atoms with Crippen molar-refractivity contribution >= 4 is 68.9 Å². The summed E-state index contributed by atoms with van der Waals surface area (Å²) in [6.45, 7) is 1.07. The molecule has 9 nitrogen and oxygen atoms in total. The van der Waals surface area contributed by atoms with Gasteiger partial charge >= 0.3 is 5.91 Å². The molecule has 48 heavy (non-hydrogen) atoms. The molecular weight excluding hydrogens is 693 g/mol. The fourth-order valence-electron chi connectivity index (χ4n) is 5.34. The maximum Gasteiger partial charge on any atom is 0.301 e. The third-order valence-corrected chi connectivity index (χ3v) is 10.3. The van der Waals surface area contributed by atoms with Gasteiger partial charge in [0.25, 0.3) is 5.78 Å². The minimum absolute atomic E-state index is 0.103. The number of thioether (sulfide) groups is 1. The molecule has 0 unspecified atom stereocenters. The van der Waals surface area contributed by atoms with Crippen molar-refractivity contribution in [3.8, 4) is 17.2 Å². The Morgan fingerprint density at radius 3 is 2.56 bits per heavy atom. The van der Waals surface area contributed by atoms with E-state index in [1.807, 2.05) is 36.4 Å². The molecular formula is C35H25Cl2N3O6S2. The highest BCUT2D eigenvalue weighted by atomic mass is 35.5. The van der Waals surface area contributed by atoms with Crippen LogP contribution in [0.2, 0.25) is 10.0 Å². The second-order valence-corrected chi connectivity index (χ2v) is 13.8. The van der Waals surface area contributed by atoms with Gasteiger partial charge in [0, 0.05) is 21.4 Å². The molecule has 4 aromatic carbocycles. The topological polar surface area (TPSA) is 111 Å².